The number of amides is 2. The molecular weight excluding hydrogens is 548 g/mol. The molecule has 2 heterocycles. The Labute approximate surface area is 251 Å². The minimum absolute atomic E-state index is 0.293. The number of hydrogen-bond acceptors (Lipinski definition) is 8. The number of anilines is 2. The van der Waals surface area contributed by atoms with Crippen LogP contribution in [0.15, 0.2) is 66.7 Å². The largest absolute Gasteiger partial charge is 0.465 e. The topological polar surface area (TPSA) is 118 Å². The number of benzene rings is 3. The summed E-state index contributed by atoms with van der Waals surface area (Å²) in [5, 5.41) is 6.27. The van der Waals surface area contributed by atoms with Gasteiger partial charge in [0.25, 0.3) is 11.8 Å². The molecule has 5 rings (SSSR count). The van der Waals surface area contributed by atoms with Crippen molar-refractivity contribution in [1.82, 2.24) is 10.4 Å². The number of nitrogens with zero attached hydrogens (tertiary/aromatic N) is 1. The van der Waals surface area contributed by atoms with E-state index in [-0.39, 0.29) is 11.8 Å². The van der Waals surface area contributed by atoms with Crippen LogP contribution in [-0.4, -0.2) is 69.2 Å². The molecule has 0 atom stereocenters. The van der Waals surface area contributed by atoms with Crippen molar-refractivity contribution < 1.29 is 28.7 Å². The van der Waals surface area contributed by atoms with Gasteiger partial charge in [0.1, 0.15) is 0 Å². The van der Waals surface area contributed by atoms with E-state index in [2.05, 4.69) is 21.0 Å². The average molecular weight is 585 g/mol. The second-order valence-electron chi connectivity index (χ2n) is 10.5. The molecule has 224 valence electrons. The van der Waals surface area contributed by atoms with Gasteiger partial charge in [-0.1, -0.05) is 30.3 Å². The summed E-state index contributed by atoms with van der Waals surface area (Å²) in [6.07, 6.45) is 2.32. The van der Waals surface area contributed by atoms with E-state index in [4.69, 9.17) is 14.3 Å². The highest BCUT2D eigenvalue weighted by Gasteiger charge is 2.30. The smallest absolute Gasteiger partial charge is 0.338 e. The molecule has 2 aliphatic rings. The molecule has 2 aliphatic heterocycles. The monoisotopic (exact) mass is 584 g/mol. The molecule has 0 saturated carbocycles. The maximum Gasteiger partial charge on any atom is 0.338 e. The summed E-state index contributed by atoms with van der Waals surface area (Å²) >= 11 is 0. The molecule has 3 aromatic carbocycles. The predicted molar refractivity (Wildman–Crippen MR) is 164 cm³/mol. The Balaban J connectivity index is 1.29. The van der Waals surface area contributed by atoms with Gasteiger partial charge in [-0.05, 0) is 67.3 Å². The third-order valence-corrected chi connectivity index (χ3v) is 7.79. The normalized spacial score (nSPS) is 16.3. The Morgan fingerprint density at radius 3 is 2.37 bits per heavy atom. The van der Waals surface area contributed by atoms with Crippen molar-refractivity contribution in [2.24, 2.45) is 0 Å². The minimum Gasteiger partial charge on any atom is -0.465 e. The lowest BCUT2D eigenvalue weighted by molar-refractivity contribution is -0.110. The van der Waals surface area contributed by atoms with Gasteiger partial charge in [-0.3, -0.25) is 14.4 Å². The Bertz CT molecular complexity index is 1510. The van der Waals surface area contributed by atoms with Crippen LogP contribution >= 0.6 is 0 Å². The van der Waals surface area contributed by atoms with Crippen molar-refractivity contribution in [2.75, 3.05) is 51.1 Å². The van der Waals surface area contributed by atoms with E-state index in [0.29, 0.717) is 57.6 Å². The fraction of sp³-hybridized carbons (Fsp3) is 0.303. The molecule has 0 aliphatic carbocycles. The number of esters is 1. The number of aryl methyl sites for hydroxylation is 1. The second kappa shape index (κ2) is 13.6. The molecule has 3 N–H and O–H groups in total. The molecule has 43 heavy (non-hydrogen) atoms. The van der Waals surface area contributed by atoms with Gasteiger partial charge in [-0.2, -0.15) is 0 Å². The van der Waals surface area contributed by atoms with Gasteiger partial charge in [0.05, 0.1) is 42.3 Å². The van der Waals surface area contributed by atoms with Crippen molar-refractivity contribution in [3.8, 4) is 0 Å². The molecule has 1 saturated heterocycles. The van der Waals surface area contributed by atoms with Gasteiger partial charge < -0.3 is 25.0 Å². The number of ether oxygens (including phenoxy) is 2. The van der Waals surface area contributed by atoms with Gasteiger partial charge in [0, 0.05) is 43.6 Å². The van der Waals surface area contributed by atoms with E-state index in [9.17, 15) is 14.4 Å². The van der Waals surface area contributed by atoms with Gasteiger partial charge in [-0.25, -0.2) is 10.3 Å². The lowest BCUT2D eigenvalue weighted by Gasteiger charge is -2.30. The molecule has 10 heteroatoms. The van der Waals surface area contributed by atoms with Crippen molar-refractivity contribution in [2.45, 2.75) is 25.9 Å². The number of nitrogens with one attached hydrogen (secondary N) is 3. The van der Waals surface area contributed by atoms with Crippen LogP contribution in [0.4, 0.5) is 11.4 Å². The zero-order valence-electron chi connectivity index (χ0n) is 24.6. The highest BCUT2D eigenvalue weighted by molar-refractivity contribution is 6.37. The molecule has 10 nitrogen and oxygen atoms in total. The van der Waals surface area contributed by atoms with E-state index in [1.54, 1.807) is 44.4 Å². The van der Waals surface area contributed by atoms with Crippen LogP contribution in [0.2, 0.25) is 0 Å². The number of carbonyl (C=O) groups is 3. The van der Waals surface area contributed by atoms with Crippen LogP contribution in [-0.2, 0) is 19.1 Å². The fourth-order valence-electron chi connectivity index (χ4n) is 5.36. The quantitative estimate of drug-likeness (QED) is 0.138. The number of hydroxylamine groups is 1. The first-order valence-corrected chi connectivity index (χ1v) is 14.3. The predicted octanol–water partition coefficient (Wildman–Crippen LogP) is 4.49. The molecule has 0 spiro atoms. The lowest BCUT2D eigenvalue weighted by atomic mass is 9.96. The Kier molecular flexibility index (Phi) is 9.51. The Morgan fingerprint density at radius 2 is 1.70 bits per heavy atom. The number of fused-ring (bicyclic) bond motifs is 1. The zero-order chi connectivity index (χ0) is 30.3. The summed E-state index contributed by atoms with van der Waals surface area (Å²) in [4.78, 5) is 45.9. The van der Waals surface area contributed by atoms with Crippen LogP contribution in [0.25, 0.3) is 11.3 Å². The summed E-state index contributed by atoms with van der Waals surface area (Å²) < 4.78 is 10.3. The Hall–Kier alpha value is -4.51. The maximum absolute atomic E-state index is 13.3. The molecule has 1 fully saturated rings. The summed E-state index contributed by atoms with van der Waals surface area (Å²) in [6, 6.07) is 19.9. The van der Waals surface area contributed by atoms with E-state index >= 15 is 0 Å². The lowest BCUT2D eigenvalue weighted by Crippen LogP contribution is -2.39. The van der Waals surface area contributed by atoms with Crippen LogP contribution in [0.1, 0.15) is 50.2 Å². The third-order valence-electron chi connectivity index (χ3n) is 7.79. The van der Waals surface area contributed by atoms with Crippen LogP contribution in [0, 0.1) is 6.92 Å². The van der Waals surface area contributed by atoms with Gasteiger partial charge in [0.15, 0.2) is 0 Å². The first-order chi connectivity index (χ1) is 20.9. The van der Waals surface area contributed by atoms with Crippen LogP contribution < -0.4 is 16.1 Å². The molecule has 0 radical (unpaired) electrons. The van der Waals surface area contributed by atoms with Crippen molar-refractivity contribution in [3.05, 3.63) is 94.5 Å². The van der Waals surface area contributed by atoms with Crippen LogP contribution in [0.5, 0.6) is 0 Å². The molecule has 3 aromatic rings. The molecule has 0 aromatic heterocycles. The third kappa shape index (κ3) is 6.94. The summed E-state index contributed by atoms with van der Waals surface area (Å²) in [7, 11) is 3.07. The number of methoxy groups -OCH3 is 2. The number of hydrogen-bond donors (Lipinski definition) is 3. The molecule has 0 bridgehead atoms. The highest BCUT2D eigenvalue weighted by Crippen LogP contribution is 2.39. The standard InChI is InChI=1S/C33H36N4O6/c1-21-19-27-28(20-26(21)33(40)42-3)35-32(39)29(27)30(22-7-5-4-6-8-22)34-24-11-9-23(10-12-24)31(38)36-43-18-17-37-15-13-25(41-2)14-16-37/h4-12,19-20,25,34H,13-18H2,1-3H3,(H,35,39)(H,36,38)/b30-29-. The second-order valence-corrected chi connectivity index (χ2v) is 10.5. The number of piperidine rings is 1. The first-order valence-electron chi connectivity index (χ1n) is 14.3. The van der Waals surface area contributed by atoms with Gasteiger partial charge in [-0.15, -0.1) is 0 Å². The van der Waals surface area contributed by atoms with E-state index in [0.717, 1.165) is 38.0 Å². The fourth-order valence-corrected chi connectivity index (χ4v) is 5.36. The van der Waals surface area contributed by atoms with E-state index < -0.39 is 5.97 Å². The molecular formula is C33H36N4O6. The van der Waals surface area contributed by atoms with Gasteiger partial charge >= 0.3 is 5.97 Å². The summed E-state index contributed by atoms with van der Waals surface area (Å²) in [5.41, 5.74) is 7.79. The molecule has 0 unspecified atom stereocenters. The average Bonchev–Trinajstić information content (AvgIpc) is 3.36. The minimum atomic E-state index is -0.467. The van der Waals surface area contributed by atoms with E-state index in [1.807, 2.05) is 36.4 Å². The van der Waals surface area contributed by atoms with Crippen molar-refractivity contribution in [1.29, 1.82) is 0 Å². The summed E-state index contributed by atoms with van der Waals surface area (Å²) in [6.45, 7) is 4.83. The van der Waals surface area contributed by atoms with Crippen molar-refractivity contribution in [3.63, 3.8) is 0 Å². The van der Waals surface area contributed by atoms with Crippen molar-refractivity contribution >= 4 is 40.4 Å². The number of rotatable bonds is 10. The van der Waals surface area contributed by atoms with E-state index in [1.165, 1.54) is 7.11 Å². The van der Waals surface area contributed by atoms with Crippen LogP contribution in [0.3, 0.4) is 0 Å². The van der Waals surface area contributed by atoms with Gasteiger partial charge in [0.2, 0.25) is 0 Å². The Morgan fingerprint density at radius 1 is 0.977 bits per heavy atom. The maximum atomic E-state index is 13.3. The number of likely N-dealkylation sites (tertiary alicyclic amines) is 1. The molecule has 2 amide bonds. The number of carbonyl (C=O) groups excluding carboxylic acids is 3. The highest BCUT2D eigenvalue weighted by atomic mass is 16.7. The SMILES string of the molecule is COC(=O)c1cc2c(cc1C)/C(=C(/Nc1ccc(C(=O)NOCCN3CCC(OC)CC3)cc1)c1ccccc1)C(=O)N2. The summed E-state index contributed by atoms with van der Waals surface area (Å²) in [5.74, 6) is -1.10. The first kappa shape index (κ1) is 30.0. The zero-order valence-corrected chi connectivity index (χ0v) is 24.6.